The maximum atomic E-state index is 14.1. The highest BCUT2D eigenvalue weighted by Crippen LogP contribution is 2.32. The van der Waals surface area contributed by atoms with Crippen molar-refractivity contribution in [1.82, 2.24) is 9.21 Å². The number of carbonyl (C=O) groups excluding carboxylic acids is 1. The molecule has 8 heteroatoms. The smallest absolute Gasteiger partial charge is 0.253 e. The number of nitrogens with zero attached hydrogens (tertiary/aromatic N) is 2. The Bertz CT molecular complexity index is 914. The Labute approximate surface area is 156 Å². The van der Waals surface area contributed by atoms with Crippen molar-refractivity contribution in [3.05, 3.63) is 52.9 Å². The molecule has 2 aromatic rings. The predicted octanol–water partition coefficient (Wildman–Crippen LogP) is 2.43. The topological polar surface area (TPSA) is 57.7 Å². The highest BCUT2D eigenvalue weighted by atomic mass is 32.2. The van der Waals surface area contributed by atoms with E-state index in [1.54, 1.807) is 16.3 Å². The van der Waals surface area contributed by atoms with Gasteiger partial charge in [0.2, 0.25) is 5.91 Å². The van der Waals surface area contributed by atoms with Gasteiger partial charge in [0.05, 0.1) is 0 Å². The van der Waals surface area contributed by atoms with Crippen LogP contribution < -0.4 is 0 Å². The molecule has 26 heavy (non-hydrogen) atoms. The first-order chi connectivity index (χ1) is 12.5. The van der Waals surface area contributed by atoms with Gasteiger partial charge in [0.25, 0.3) is 10.0 Å². The van der Waals surface area contributed by atoms with E-state index in [0.717, 1.165) is 27.6 Å². The maximum Gasteiger partial charge on any atom is 0.253 e. The van der Waals surface area contributed by atoms with Crippen molar-refractivity contribution in [2.45, 2.75) is 35.8 Å². The number of hydrogen-bond donors (Lipinski definition) is 0. The van der Waals surface area contributed by atoms with Crippen LogP contribution >= 0.6 is 11.3 Å². The third-order valence-corrected chi connectivity index (χ3v) is 8.24. The predicted molar refractivity (Wildman–Crippen MR) is 97.1 cm³/mol. The minimum atomic E-state index is -3.86. The fraction of sp³-hybridized carbons (Fsp3) is 0.389. The van der Waals surface area contributed by atoms with E-state index in [0.29, 0.717) is 13.1 Å². The van der Waals surface area contributed by atoms with Crippen LogP contribution in [-0.2, 0) is 27.8 Å². The number of amides is 1. The first-order valence-corrected chi connectivity index (χ1v) is 10.8. The molecule has 1 aromatic carbocycles. The molecule has 1 saturated heterocycles. The maximum absolute atomic E-state index is 14.1. The molecule has 5 nitrogen and oxygen atoms in total. The first-order valence-electron chi connectivity index (χ1n) is 8.52. The van der Waals surface area contributed by atoms with E-state index in [9.17, 15) is 17.6 Å². The summed E-state index contributed by atoms with van der Waals surface area (Å²) in [5, 5.41) is 1.66. The van der Waals surface area contributed by atoms with Crippen LogP contribution in [0.4, 0.5) is 4.39 Å². The van der Waals surface area contributed by atoms with E-state index in [2.05, 4.69) is 0 Å². The Hall–Kier alpha value is -1.77. The van der Waals surface area contributed by atoms with Crippen molar-refractivity contribution in [3.8, 4) is 0 Å². The fourth-order valence-electron chi connectivity index (χ4n) is 3.67. The molecule has 2 aliphatic rings. The number of halogens is 1. The number of carbonyl (C=O) groups is 1. The highest BCUT2D eigenvalue weighted by molar-refractivity contribution is 7.91. The molecule has 0 saturated carbocycles. The molecule has 3 heterocycles. The van der Waals surface area contributed by atoms with Crippen LogP contribution in [0.15, 0.2) is 46.0 Å². The molecular formula is C18H19FN2O3S2. The van der Waals surface area contributed by atoms with Crippen molar-refractivity contribution in [1.29, 1.82) is 0 Å². The normalized spacial score (nSPS) is 23.8. The molecule has 1 fully saturated rings. The minimum Gasteiger partial charge on any atom is -0.337 e. The van der Waals surface area contributed by atoms with Crippen molar-refractivity contribution in [2.75, 3.05) is 13.1 Å². The van der Waals surface area contributed by atoms with Gasteiger partial charge in [-0.3, -0.25) is 4.79 Å². The lowest BCUT2D eigenvalue weighted by Gasteiger charge is -2.33. The summed E-state index contributed by atoms with van der Waals surface area (Å²) in [5.74, 6) is -0.306. The Kier molecular flexibility index (Phi) is 4.58. The van der Waals surface area contributed by atoms with E-state index in [-0.39, 0.29) is 23.1 Å². The summed E-state index contributed by atoms with van der Waals surface area (Å²) in [5.41, 5.74) is 2.27. The monoisotopic (exact) mass is 394 g/mol. The minimum absolute atomic E-state index is 0.0818. The zero-order valence-corrected chi connectivity index (χ0v) is 15.7. The highest BCUT2D eigenvalue weighted by Gasteiger charge is 2.46. The van der Waals surface area contributed by atoms with Gasteiger partial charge < -0.3 is 4.90 Å². The Balaban J connectivity index is 1.59. The van der Waals surface area contributed by atoms with Crippen LogP contribution in [0.5, 0.6) is 0 Å². The molecule has 0 aliphatic carbocycles. The van der Waals surface area contributed by atoms with Crippen LogP contribution in [0, 0.1) is 0 Å². The SMILES string of the molecule is O=C([C@@H]1C[C@H](F)CN1S(=O)(=O)c1cccs1)N1CCc2ccccc2C1. The molecule has 2 atom stereocenters. The van der Waals surface area contributed by atoms with Crippen LogP contribution in [0.25, 0.3) is 0 Å². The van der Waals surface area contributed by atoms with E-state index in [4.69, 9.17) is 0 Å². The number of alkyl halides is 1. The second kappa shape index (κ2) is 6.75. The lowest BCUT2D eigenvalue weighted by Crippen LogP contribution is -2.48. The van der Waals surface area contributed by atoms with Crippen molar-refractivity contribution in [3.63, 3.8) is 0 Å². The molecule has 138 valence electrons. The van der Waals surface area contributed by atoms with Gasteiger partial charge in [0.15, 0.2) is 0 Å². The number of benzene rings is 1. The Morgan fingerprint density at radius 2 is 1.92 bits per heavy atom. The van der Waals surface area contributed by atoms with Crippen LogP contribution in [-0.4, -0.2) is 48.8 Å². The number of sulfonamides is 1. The van der Waals surface area contributed by atoms with Crippen LogP contribution in [0.2, 0.25) is 0 Å². The molecule has 1 aromatic heterocycles. The Morgan fingerprint density at radius 1 is 1.15 bits per heavy atom. The number of thiophene rings is 1. The first kappa shape index (κ1) is 17.6. The molecule has 0 radical (unpaired) electrons. The molecule has 0 bridgehead atoms. The van der Waals surface area contributed by atoms with Gasteiger partial charge in [-0.25, -0.2) is 12.8 Å². The second-order valence-electron chi connectivity index (χ2n) is 6.63. The van der Waals surface area contributed by atoms with Gasteiger partial charge in [-0.2, -0.15) is 4.31 Å². The van der Waals surface area contributed by atoms with E-state index in [1.807, 2.05) is 24.3 Å². The molecule has 4 rings (SSSR count). The average molecular weight is 394 g/mol. The van der Waals surface area contributed by atoms with Crippen molar-refractivity contribution >= 4 is 27.3 Å². The van der Waals surface area contributed by atoms with Gasteiger partial charge in [-0.1, -0.05) is 30.3 Å². The van der Waals surface area contributed by atoms with Crippen molar-refractivity contribution in [2.24, 2.45) is 0 Å². The van der Waals surface area contributed by atoms with E-state index < -0.39 is 22.2 Å². The van der Waals surface area contributed by atoms with Crippen LogP contribution in [0.3, 0.4) is 0 Å². The zero-order valence-electron chi connectivity index (χ0n) is 14.0. The van der Waals surface area contributed by atoms with Gasteiger partial charge >= 0.3 is 0 Å². The van der Waals surface area contributed by atoms with Gasteiger partial charge in [0, 0.05) is 26.1 Å². The number of fused-ring (bicyclic) bond motifs is 1. The van der Waals surface area contributed by atoms with Gasteiger partial charge in [-0.15, -0.1) is 11.3 Å². The summed E-state index contributed by atoms with van der Waals surface area (Å²) in [6.07, 6.45) is -0.678. The largest absolute Gasteiger partial charge is 0.337 e. The van der Waals surface area contributed by atoms with E-state index in [1.165, 1.54) is 11.6 Å². The lowest BCUT2D eigenvalue weighted by molar-refractivity contribution is -0.135. The zero-order chi connectivity index (χ0) is 18.3. The summed E-state index contributed by atoms with van der Waals surface area (Å²) in [6, 6.07) is 10.1. The molecule has 0 unspecified atom stereocenters. The summed E-state index contributed by atoms with van der Waals surface area (Å²) < 4.78 is 41.0. The average Bonchev–Trinajstić information content (AvgIpc) is 3.31. The molecule has 0 spiro atoms. The standard InChI is InChI=1S/C18H19FN2O3S2/c19-15-10-16(21(12-15)26(23,24)17-6-3-9-25-17)18(22)20-8-7-13-4-1-2-5-14(13)11-20/h1-6,9,15-16H,7-8,10-12H2/t15-,16-/m0/s1. The Morgan fingerprint density at radius 3 is 2.65 bits per heavy atom. The summed E-state index contributed by atoms with van der Waals surface area (Å²) in [6.45, 7) is 0.701. The fourth-order valence-corrected chi connectivity index (χ4v) is 6.41. The second-order valence-corrected chi connectivity index (χ2v) is 9.70. The van der Waals surface area contributed by atoms with Gasteiger partial charge in [-0.05, 0) is 29.0 Å². The lowest BCUT2D eigenvalue weighted by atomic mass is 9.99. The van der Waals surface area contributed by atoms with Crippen molar-refractivity contribution < 1.29 is 17.6 Å². The van der Waals surface area contributed by atoms with Crippen LogP contribution in [0.1, 0.15) is 17.5 Å². The number of rotatable bonds is 3. The molecule has 2 aliphatic heterocycles. The summed E-state index contributed by atoms with van der Waals surface area (Å²) >= 11 is 1.08. The van der Waals surface area contributed by atoms with Gasteiger partial charge in [0.1, 0.15) is 16.4 Å². The molecule has 1 amide bonds. The quantitative estimate of drug-likeness (QED) is 0.804. The molecular weight excluding hydrogens is 375 g/mol. The summed E-state index contributed by atoms with van der Waals surface area (Å²) in [7, 11) is -3.86. The molecule has 0 N–H and O–H groups in total. The third-order valence-electron chi connectivity index (χ3n) is 4.99. The third kappa shape index (κ3) is 3.06. The summed E-state index contributed by atoms with van der Waals surface area (Å²) in [4.78, 5) is 14.7. The number of hydrogen-bond acceptors (Lipinski definition) is 4. The van der Waals surface area contributed by atoms with E-state index >= 15 is 0 Å².